The normalized spacial score (nSPS) is 21.9. The van der Waals surface area contributed by atoms with Gasteiger partial charge in [-0.2, -0.15) is 0 Å². The van der Waals surface area contributed by atoms with Gasteiger partial charge in [-0.25, -0.2) is 0 Å². The van der Waals surface area contributed by atoms with Gasteiger partial charge in [0.05, 0.1) is 31.4 Å². The fourth-order valence-electron chi connectivity index (χ4n) is 4.45. The Kier molecular flexibility index (Phi) is 9.36. The Bertz CT molecular complexity index is 748. The van der Waals surface area contributed by atoms with E-state index in [1.807, 2.05) is 36.2 Å². The Hall–Kier alpha value is -2.12. The minimum Gasteiger partial charge on any atom is -0.491 e. The molecule has 0 spiro atoms. The summed E-state index contributed by atoms with van der Waals surface area (Å²) in [4.78, 5) is 32.4. The van der Waals surface area contributed by atoms with Crippen LogP contribution in [0.4, 0.5) is 0 Å². The van der Waals surface area contributed by atoms with Gasteiger partial charge in [0.15, 0.2) is 0 Å². The van der Waals surface area contributed by atoms with Gasteiger partial charge in [0.2, 0.25) is 5.91 Å². The van der Waals surface area contributed by atoms with Crippen LogP contribution in [-0.4, -0.2) is 92.1 Å². The molecule has 0 saturated carbocycles. The van der Waals surface area contributed by atoms with Crippen LogP contribution >= 0.6 is 0 Å². The van der Waals surface area contributed by atoms with Crippen molar-refractivity contribution in [3.8, 4) is 5.75 Å². The zero-order valence-electron chi connectivity index (χ0n) is 19.9. The van der Waals surface area contributed by atoms with Gasteiger partial charge in [0, 0.05) is 33.2 Å². The quantitative estimate of drug-likeness (QED) is 0.713. The lowest BCUT2D eigenvalue weighted by Crippen LogP contribution is -2.50. The highest BCUT2D eigenvalue weighted by atomic mass is 16.5. The molecule has 2 aliphatic heterocycles. The molecule has 2 heterocycles. The molecule has 7 nitrogen and oxygen atoms in total. The van der Waals surface area contributed by atoms with Gasteiger partial charge in [0.25, 0.3) is 5.91 Å². The van der Waals surface area contributed by atoms with E-state index in [0.717, 1.165) is 45.3 Å². The van der Waals surface area contributed by atoms with Crippen molar-refractivity contribution in [3.05, 3.63) is 29.8 Å². The summed E-state index contributed by atoms with van der Waals surface area (Å²) >= 11 is 0. The maximum atomic E-state index is 13.4. The van der Waals surface area contributed by atoms with Crippen LogP contribution < -0.4 is 4.74 Å². The zero-order chi connectivity index (χ0) is 22.9. The minimum atomic E-state index is -0.0230. The molecule has 0 unspecified atom stereocenters. The average Bonchev–Trinajstić information content (AvgIpc) is 2.79. The Morgan fingerprint density at radius 3 is 2.53 bits per heavy atom. The van der Waals surface area contributed by atoms with Gasteiger partial charge in [0.1, 0.15) is 12.4 Å². The third kappa shape index (κ3) is 6.94. The van der Waals surface area contributed by atoms with Crippen molar-refractivity contribution >= 4 is 11.8 Å². The van der Waals surface area contributed by atoms with Gasteiger partial charge in [-0.15, -0.1) is 0 Å². The Morgan fingerprint density at radius 2 is 1.78 bits per heavy atom. The lowest BCUT2D eigenvalue weighted by Gasteiger charge is -2.35. The van der Waals surface area contributed by atoms with Crippen molar-refractivity contribution < 1.29 is 19.1 Å². The number of amides is 2. The van der Waals surface area contributed by atoms with Crippen LogP contribution in [0.15, 0.2) is 24.3 Å². The molecule has 1 aromatic carbocycles. The lowest BCUT2D eigenvalue weighted by molar-refractivity contribution is -0.137. The fourth-order valence-corrected chi connectivity index (χ4v) is 4.45. The number of hydrogen-bond acceptors (Lipinski definition) is 5. The first-order valence-electron chi connectivity index (χ1n) is 12.0. The molecule has 1 saturated heterocycles. The largest absolute Gasteiger partial charge is 0.491 e. The lowest BCUT2D eigenvalue weighted by atomic mass is 10.0. The molecule has 0 aliphatic carbocycles. The van der Waals surface area contributed by atoms with Crippen molar-refractivity contribution in [2.75, 3.05) is 59.6 Å². The van der Waals surface area contributed by atoms with E-state index in [1.54, 1.807) is 4.90 Å². The predicted octanol–water partition coefficient (Wildman–Crippen LogP) is 2.90. The first-order chi connectivity index (χ1) is 15.5. The molecule has 2 amide bonds. The first-order valence-corrected chi connectivity index (χ1v) is 12.0. The van der Waals surface area contributed by atoms with Crippen molar-refractivity contribution in [3.63, 3.8) is 0 Å². The molecule has 1 atom stereocenters. The van der Waals surface area contributed by atoms with Crippen LogP contribution in [-0.2, 0) is 9.53 Å². The number of ether oxygens (including phenoxy) is 2. The number of benzene rings is 1. The van der Waals surface area contributed by atoms with E-state index < -0.39 is 0 Å². The number of morpholine rings is 1. The van der Waals surface area contributed by atoms with Gasteiger partial charge in [-0.1, -0.05) is 26.0 Å². The van der Waals surface area contributed by atoms with Crippen molar-refractivity contribution in [2.45, 2.75) is 45.6 Å². The molecule has 178 valence electrons. The summed E-state index contributed by atoms with van der Waals surface area (Å²) in [7, 11) is 1.85. The van der Waals surface area contributed by atoms with E-state index >= 15 is 0 Å². The first kappa shape index (κ1) is 24.5. The molecule has 32 heavy (non-hydrogen) atoms. The summed E-state index contributed by atoms with van der Waals surface area (Å²) < 4.78 is 11.7. The smallest absolute Gasteiger partial charge is 0.257 e. The second-order valence-corrected chi connectivity index (χ2v) is 9.35. The Morgan fingerprint density at radius 1 is 1.06 bits per heavy atom. The Labute approximate surface area is 192 Å². The van der Waals surface area contributed by atoms with Gasteiger partial charge in [-0.3, -0.25) is 14.5 Å². The molecule has 3 rings (SSSR count). The van der Waals surface area contributed by atoms with Crippen LogP contribution in [0.25, 0.3) is 0 Å². The number of para-hydroxylation sites is 1. The summed E-state index contributed by atoms with van der Waals surface area (Å²) in [6, 6.07) is 7.42. The van der Waals surface area contributed by atoms with Gasteiger partial charge < -0.3 is 19.3 Å². The third-order valence-electron chi connectivity index (χ3n) is 6.26. The topological polar surface area (TPSA) is 62.3 Å². The van der Waals surface area contributed by atoms with E-state index in [0.29, 0.717) is 50.1 Å². The molecule has 0 bridgehead atoms. The van der Waals surface area contributed by atoms with Crippen LogP contribution in [0, 0.1) is 5.92 Å². The molecule has 0 aromatic heterocycles. The third-order valence-corrected chi connectivity index (χ3v) is 6.26. The molecular weight excluding hydrogens is 406 g/mol. The highest BCUT2D eigenvalue weighted by Gasteiger charge is 2.28. The number of carbonyl (C=O) groups is 2. The van der Waals surface area contributed by atoms with Crippen LogP contribution in [0.5, 0.6) is 5.75 Å². The van der Waals surface area contributed by atoms with E-state index in [1.165, 1.54) is 0 Å². The van der Waals surface area contributed by atoms with E-state index in [9.17, 15) is 9.59 Å². The van der Waals surface area contributed by atoms with Gasteiger partial charge >= 0.3 is 0 Å². The predicted molar refractivity (Wildman–Crippen MR) is 125 cm³/mol. The van der Waals surface area contributed by atoms with Gasteiger partial charge in [-0.05, 0) is 43.7 Å². The standard InChI is InChI=1S/C25H39N3O4/c1-20(2)17-21-19-32-23-10-6-5-9-22(23)25(30)26(3)11-7-4-8-12-28(21)24(29)18-27-13-15-31-16-14-27/h5-6,9-10,20-21H,4,7-8,11-19H2,1-3H3/t21-/m0/s1. The fraction of sp³-hybridized carbons (Fsp3) is 0.680. The summed E-state index contributed by atoms with van der Waals surface area (Å²) in [5.74, 6) is 1.18. The SMILES string of the molecule is CC(C)C[C@H]1COc2ccccc2C(=O)N(C)CCCCCN1C(=O)CN1CCOCC1. The average molecular weight is 446 g/mol. The number of fused-ring (bicyclic) bond motifs is 1. The monoisotopic (exact) mass is 445 g/mol. The summed E-state index contributed by atoms with van der Waals surface area (Å²) in [5, 5.41) is 0. The van der Waals surface area contributed by atoms with Crippen LogP contribution in [0.1, 0.15) is 49.9 Å². The van der Waals surface area contributed by atoms with Crippen LogP contribution in [0.2, 0.25) is 0 Å². The summed E-state index contributed by atoms with van der Waals surface area (Å²) in [6.45, 7) is 9.56. The second-order valence-electron chi connectivity index (χ2n) is 9.35. The van der Waals surface area contributed by atoms with Crippen molar-refractivity contribution in [2.24, 2.45) is 5.92 Å². The summed E-state index contributed by atoms with van der Waals surface area (Å²) in [5.41, 5.74) is 0.587. The minimum absolute atomic E-state index is 0.0134. The van der Waals surface area contributed by atoms with E-state index in [-0.39, 0.29) is 17.9 Å². The molecular formula is C25H39N3O4. The van der Waals surface area contributed by atoms with Crippen molar-refractivity contribution in [1.29, 1.82) is 0 Å². The highest BCUT2D eigenvalue weighted by Crippen LogP contribution is 2.23. The molecule has 2 aliphatic rings. The highest BCUT2D eigenvalue weighted by molar-refractivity contribution is 5.96. The number of rotatable bonds is 4. The summed E-state index contributed by atoms with van der Waals surface area (Å²) in [6.07, 6.45) is 3.70. The molecule has 0 radical (unpaired) electrons. The molecule has 1 aromatic rings. The number of nitrogens with zero attached hydrogens (tertiary/aromatic N) is 3. The van der Waals surface area contributed by atoms with Crippen LogP contribution in [0.3, 0.4) is 0 Å². The number of hydrogen-bond donors (Lipinski definition) is 0. The maximum Gasteiger partial charge on any atom is 0.257 e. The molecule has 0 N–H and O–H groups in total. The molecule has 7 heteroatoms. The number of carbonyl (C=O) groups excluding carboxylic acids is 2. The second kappa shape index (κ2) is 12.2. The van der Waals surface area contributed by atoms with Crippen molar-refractivity contribution in [1.82, 2.24) is 14.7 Å². The molecule has 1 fully saturated rings. The van der Waals surface area contributed by atoms with E-state index in [4.69, 9.17) is 9.47 Å². The maximum absolute atomic E-state index is 13.4. The van der Waals surface area contributed by atoms with E-state index in [2.05, 4.69) is 18.7 Å². The Balaban J connectivity index is 1.82. The zero-order valence-corrected chi connectivity index (χ0v) is 19.9.